The van der Waals surface area contributed by atoms with Gasteiger partial charge in [-0.2, -0.15) is 0 Å². The number of hydrogen-bond donors (Lipinski definition) is 2. The number of piperidine rings is 1. The summed E-state index contributed by atoms with van der Waals surface area (Å²) in [6, 6.07) is 21.3. The summed E-state index contributed by atoms with van der Waals surface area (Å²) in [4.78, 5) is 0. The molecule has 0 bridgehead atoms. The lowest BCUT2D eigenvalue weighted by molar-refractivity contribution is 0.284. The van der Waals surface area contributed by atoms with Gasteiger partial charge in [0.05, 0.1) is 5.71 Å². The molecule has 2 aromatic rings. The van der Waals surface area contributed by atoms with Crippen molar-refractivity contribution in [3.05, 3.63) is 71.8 Å². The molecule has 0 amide bonds. The van der Waals surface area contributed by atoms with Crippen molar-refractivity contribution in [2.45, 2.75) is 38.3 Å². The first kappa shape index (κ1) is 15.8. The van der Waals surface area contributed by atoms with Gasteiger partial charge in [0.15, 0.2) is 0 Å². The minimum atomic E-state index is 0.181. The van der Waals surface area contributed by atoms with E-state index in [1.165, 1.54) is 11.1 Å². The van der Waals surface area contributed by atoms with Gasteiger partial charge in [-0.05, 0) is 17.5 Å². The molecule has 3 heteroatoms. The number of hydrogen-bond acceptors (Lipinski definition) is 3. The van der Waals surface area contributed by atoms with Gasteiger partial charge in [-0.25, -0.2) is 0 Å². The Morgan fingerprint density at radius 3 is 2.17 bits per heavy atom. The van der Waals surface area contributed by atoms with E-state index < -0.39 is 0 Å². The molecule has 3 atom stereocenters. The highest BCUT2D eigenvalue weighted by atomic mass is 16.4. The zero-order valence-corrected chi connectivity index (χ0v) is 13.5. The van der Waals surface area contributed by atoms with Crippen LogP contribution in [0.2, 0.25) is 0 Å². The first-order valence-corrected chi connectivity index (χ1v) is 8.40. The highest BCUT2D eigenvalue weighted by Crippen LogP contribution is 2.37. The summed E-state index contributed by atoms with van der Waals surface area (Å²) in [6.07, 6.45) is 2.85. The van der Waals surface area contributed by atoms with Gasteiger partial charge in [0.1, 0.15) is 0 Å². The fraction of sp³-hybridized carbons (Fsp3) is 0.350. The van der Waals surface area contributed by atoms with Crippen molar-refractivity contribution in [1.29, 1.82) is 0 Å². The molecule has 2 aromatic carbocycles. The summed E-state index contributed by atoms with van der Waals surface area (Å²) >= 11 is 0. The van der Waals surface area contributed by atoms with Crippen molar-refractivity contribution < 1.29 is 5.21 Å². The second-order valence-corrected chi connectivity index (χ2v) is 6.21. The monoisotopic (exact) mass is 308 g/mol. The molecule has 1 fully saturated rings. The Bertz CT molecular complexity index is 639. The molecule has 1 aliphatic heterocycles. The van der Waals surface area contributed by atoms with Gasteiger partial charge in [-0.3, -0.25) is 0 Å². The second-order valence-electron chi connectivity index (χ2n) is 6.21. The van der Waals surface area contributed by atoms with E-state index in [1.807, 2.05) is 12.1 Å². The summed E-state index contributed by atoms with van der Waals surface area (Å²) in [5, 5.41) is 17.0. The van der Waals surface area contributed by atoms with Gasteiger partial charge >= 0.3 is 0 Å². The molecule has 1 saturated heterocycles. The van der Waals surface area contributed by atoms with Gasteiger partial charge in [0.2, 0.25) is 0 Å². The van der Waals surface area contributed by atoms with Crippen LogP contribution in [0.15, 0.2) is 65.8 Å². The number of oxime groups is 1. The predicted octanol–water partition coefficient (Wildman–Crippen LogP) is 4.71. The number of nitrogens with zero attached hydrogens (tertiary/aromatic N) is 1. The van der Waals surface area contributed by atoms with Crippen LogP contribution in [0.5, 0.6) is 0 Å². The van der Waals surface area contributed by atoms with Gasteiger partial charge in [-0.1, -0.05) is 79.2 Å². The van der Waals surface area contributed by atoms with E-state index in [2.05, 4.69) is 65.9 Å². The van der Waals surface area contributed by atoms with E-state index in [9.17, 15) is 5.21 Å². The van der Waals surface area contributed by atoms with E-state index in [4.69, 9.17) is 0 Å². The van der Waals surface area contributed by atoms with Crippen LogP contribution in [0.4, 0.5) is 0 Å². The SMILES string of the molecule is CCC[C@H]1/C(=N\O)C[C@@H](c2ccccc2)N[C@@H]1c1ccccc1. The molecule has 0 aromatic heterocycles. The summed E-state index contributed by atoms with van der Waals surface area (Å²) in [5.41, 5.74) is 3.41. The third-order valence-electron chi connectivity index (χ3n) is 4.71. The molecule has 120 valence electrons. The lowest BCUT2D eigenvalue weighted by atomic mass is 9.78. The Labute approximate surface area is 138 Å². The number of rotatable bonds is 4. The quantitative estimate of drug-likeness (QED) is 0.634. The van der Waals surface area contributed by atoms with Crippen molar-refractivity contribution in [3.63, 3.8) is 0 Å². The van der Waals surface area contributed by atoms with Crippen LogP contribution in [-0.2, 0) is 0 Å². The molecule has 0 aliphatic carbocycles. The molecule has 0 saturated carbocycles. The van der Waals surface area contributed by atoms with Crippen molar-refractivity contribution in [2.24, 2.45) is 11.1 Å². The topological polar surface area (TPSA) is 44.6 Å². The maximum Gasteiger partial charge on any atom is 0.0639 e. The average Bonchev–Trinajstić information content (AvgIpc) is 2.63. The molecule has 23 heavy (non-hydrogen) atoms. The minimum Gasteiger partial charge on any atom is -0.411 e. The lowest BCUT2D eigenvalue weighted by Gasteiger charge is -2.38. The third-order valence-corrected chi connectivity index (χ3v) is 4.71. The fourth-order valence-corrected chi connectivity index (χ4v) is 3.59. The van der Waals surface area contributed by atoms with E-state index in [0.29, 0.717) is 0 Å². The van der Waals surface area contributed by atoms with Gasteiger partial charge in [0.25, 0.3) is 0 Å². The normalized spacial score (nSPS) is 26.3. The first-order chi connectivity index (χ1) is 11.3. The highest BCUT2D eigenvalue weighted by molar-refractivity contribution is 5.88. The van der Waals surface area contributed by atoms with Gasteiger partial charge in [0, 0.05) is 24.4 Å². The summed E-state index contributed by atoms with van der Waals surface area (Å²) in [5.74, 6) is 0.243. The smallest absolute Gasteiger partial charge is 0.0639 e. The van der Waals surface area contributed by atoms with Crippen LogP contribution in [0.3, 0.4) is 0 Å². The van der Waals surface area contributed by atoms with Crippen LogP contribution >= 0.6 is 0 Å². The zero-order chi connectivity index (χ0) is 16.1. The van der Waals surface area contributed by atoms with E-state index >= 15 is 0 Å². The molecule has 0 radical (unpaired) electrons. The molecule has 3 rings (SSSR count). The van der Waals surface area contributed by atoms with E-state index in [-0.39, 0.29) is 18.0 Å². The minimum absolute atomic E-state index is 0.181. The predicted molar refractivity (Wildman–Crippen MR) is 93.7 cm³/mol. The number of nitrogens with one attached hydrogen (secondary N) is 1. The second kappa shape index (κ2) is 7.42. The Balaban J connectivity index is 1.95. The molecule has 1 aliphatic rings. The van der Waals surface area contributed by atoms with Crippen molar-refractivity contribution >= 4 is 5.71 Å². The standard InChI is InChI=1S/C20H24N2O/c1-2-9-17-19(22-23)14-18(15-10-5-3-6-11-15)21-20(17)16-12-7-4-8-13-16/h3-8,10-13,17-18,20-21,23H,2,9,14H2,1H3/b22-19-/t17-,18-,20+/m0/s1. The largest absolute Gasteiger partial charge is 0.411 e. The fourth-order valence-electron chi connectivity index (χ4n) is 3.59. The molecular formula is C20H24N2O. The maximum atomic E-state index is 9.58. The summed E-state index contributed by atoms with van der Waals surface area (Å²) in [6.45, 7) is 2.18. The summed E-state index contributed by atoms with van der Waals surface area (Å²) < 4.78 is 0. The average molecular weight is 308 g/mol. The first-order valence-electron chi connectivity index (χ1n) is 8.40. The van der Waals surface area contributed by atoms with Crippen molar-refractivity contribution in [2.75, 3.05) is 0 Å². The van der Waals surface area contributed by atoms with E-state index in [0.717, 1.165) is 25.0 Å². The van der Waals surface area contributed by atoms with E-state index in [1.54, 1.807) is 0 Å². The zero-order valence-electron chi connectivity index (χ0n) is 13.5. The van der Waals surface area contributed by atoms with Crippen LogP contribution in [0.1, 0.15) is 49.4 Å². The van der Waals surface area contributed by atoms with Crippen molar-refractivity contribution in [1.82, 2.24) is 5.32 Å². The Morgan fingerprint density at radius 2 is 1.61 bits per heavy atom. The van der Waals surface area contributed by atoms with Crippen LogP contribution in [0, 0.1) is 5.92 Å². The maximum absolute atomic E-state index is 9.58. The Kier molecular flexibility index (Phi) is 5.09. The molecule has 2 N–H and O–H groups in total. The van der Waals surface area contributed by atoms with Crippen LogP contribution < -0.4 is 5.32 Å². The van der Waals surface area contributed by atoms with Crippen LogP contribution in [0.25, 0.3) is 0 Å². The molecule has 1 heterocycles. The summed E-state index contributed by atoms with van der Waals surface area (Å²) in [7, 11) is 0. The number of benzene rings is 2. The highest BCUT2D eigenvalue weighted by Gasteiger charge is 2.35. The molecule has 0 spiro atoms. The third kappa shape index (κ3) is 3.45. The molecule has 3 nitrogen and oxygen atoms in total. The van der Waals surface area contributed by atoms with Crippen LogP contribution in [-0.4, -0.2) is 10.9 Å². The molecule has 0 unspecified atom stereocenters. The molecular weight excluding hydrogens is 284 g/mol. The Morgan fingerprint density at radius 1 is 1.00 bits per heavy atom. The van der Waals surface area contributed by atoms with Gasteiger partial charge in [-0.15, -0.1) is 0 Å². The Hall–Kier alpha value is -2.13. The lowest BCUT2D eigenvalue weighted by Crippen LogP contribution is -2.42. The van der Waals surface area contributed by atoms with Gasteiger partial charge < -0.3 is 10.5 Å². The van der Waals surface area contributed by atoms with Crippen molar-refractivity contribution in [3.8, 4) is 0 Å².